The van der Waals surface area contributed by atoms with Crippen LogP contribution in [0.1, 0.15) is 26.2 Å². The largest absolute Gasteiger partial charge is 0.310 e. The molecule has 0 aliphatic carbocycles. The van der Waals surface area contributed by atoms with Gasteiger partial charge in [0.25, 0.3) is 0 Å². The molecule has 0 aromatic heterocycles. The quantitative estimate of drug-likeness (QED) is 0.450. The Morgan fingerprint density at radius 3 is 2.50 bits per heavy atom. The molecule has 0 aromatic rings. The molecule has 0 aliphatic rings. The van der Waals surface area contributed by atoms with Crippen molar-refractivity contribution in [3.8, 4) is 0 Å². The van der Waals surface area contributed by atoms with Crippen LogP contribution in [0.4, 0.5) is 0 Å². The van der Waals surface area contributed by atoms with E-state index in [0.717, 1.165) is 25.0 Å². The molecule has 0 amide bonds. The lowest BCUT2D eigenvalue weighted by Gasteiger charge is -1.94. The van der Waals surface area contributed by atoms with Crippen LogP contribution in [0.15, 0.2) is 0 Å². The average molecular weight is 134 g/mol. The maximum Gasteiger partial charge on any atom is 0.0275 e. The minimum Gasteiger partial charge on any atom is -0.310 e. The molecule has 1 nitrogen and oxygen atoms in total. The van der Waals surface area contributed by atoms with E-state index in [1.54, 1.807) is 0 Å². The minimum absolute atomic E-state index is 0.596. The first-order chi connectivity index (χ1) is 3.81. The predicted molar refractivity (Wildman–Crippen MR) is 38.0 cm³/mol. The topological polar surface area (TPSA) is 23.9 Å². The van der Waals surface area contributed by atoms with Gasteiger partial charge in [0.05, 0.1) is 0 Å². The molecule has 0 rings (SSSR count). The Kier molecular flexibility index (Phi) is 5.08. The smallest absolute Gasteiger partial charge is 0.0275 e. The summed E-state index contributed by atoms with van der Waals surface area (Å²) in [5.41, 5.74) is 0.780. The highest BCUT2D eigenvalue weighted by molar-refractivity contribution is 6.19. The standard InChI is InChI=1S/C6H12ClN/c1-2-3-6(8)4-5-7/h8H,2-5H2,1H3. The summed E-state index contributed by atoms with van der Waals surface area (Å²) in [7, 11) is 0. The number of nitrogens with one attached hydrogen (secondary N) is 1. The van der Waals surface area contributed by atoms with Gasteiger partial charge in [0.2, 0.25) is 0 Å². The zero-order valence-electron chi connectivity index (χ0n) is 5.21. The highest BCUT2D eigenvalue weighted by atomic mass is 35.5. The number of hydrogen-bond acceptors (Lipinski definition) is 1. The first kappa shape index (κ1) is 7.96. The van der Waals surface area contributed by atoms with Crippen LogP contribution in [0.2, 0.25) is 0 Å². The van der Waals surface area contributed by atoms with E-state index in [2.05, 4.69) is 6.92 Å². The first-order valence-electron chi connectivity index (χ1n) is 2.93. The normalized spacial score (nSPS) is 9.25. The van der Waals surface area contributed by atoms with E-state index in [9.17, 15) is 0 Å². The Labute approximate surface area is 55.6 Å². The monoisotopic (exact) mass is 133 g/mol. The van der Waals surface area contributed by atoms with Crippen molar-refractivity contribution in [3.05, 3.63) is 0 Å². The fourth-order valence-electron chi connectivity index (χ4n) is 0.541. The summed E-state index contributed by atoms with van der Waals surface area (Å²) in [4.78, 5) is 0. The molecule has 2 heteroatoms. The molecular formula is C6H12ClN. The van der Waals surface area contributed by atoms with Crippen LogP contribution >= 0.6 is 11.6 Å². The van der Waals surface area contributed by atoms with E-state index in [-0.39, 0.29) is 0 Å². The summed E-state index contributed by atoms with van der Waals surface area (Å²) in [6, 6.07) is 0. The van der Waals surface area contributed by atoms with Crippen molar-refractivity contribution in [3.63, 3.8) is 0 Å². The molecule has 0 heterocycles. The van der Waals surface area contributed by atoms with Gasteiger partial charge in [-0.15, -0.1) is 11.6 Å². The van der Waals surface area contributed by atoms with Gasteiger partial charge in [0, 0.05) is 11.6 Å². The highest BCUT2D eigenvalue weighted by Gasteiger charge is 1.91. The van der Waals surface area contributed by atoms with E-state index >= 15 is 0 Å². The summed E-state index contributed by atoms with van der Waals surface area (Å²) in [6.07, 6.45) is 2.73. The van der Waals surface area contributed by atoms with E-state index in [1.807, 2.05) is 0 Å². The maximum absolute atomic E-state index is 7.20. The highest BCUT2D eigenvalue weighted by Crippen LogP contribution is 1.95. The van der Waals surface area contributed by atoms with Crippen LogP contribution in [0.5, 0.6) is 0 Å². The van der Waals surface area contributed by atoms with Gasteiger partial charge in [-0.3, -0.25) is 0 Å². The molecule has 0 bridgehead atoms. The molecule has 0 atom stereocenters. The van der Waals surface area contributed by atoms with Crippen molar-refractivity contribution >= 4 is 17.3 Å². The second-order valence-electron chi connectivity index (χ2n) is 1.79. The fraction of sp³-hybridized carbons (Fsp3) is 0.833. The van der Waals surface area contributed by atoms with Gasteiger partial charge in [-0.05, 0) is 12.8 Å². The molecule has 0 aliphatic heterocycles. The molecule has 0 aromatic carbocycles. The molecule has 0 unspecified atom stereocenters. The summed E-state index contributed by atoms with van der Waals surface area (Å²) in [5.74, 6) is 0.596. The van der Waals surface area contributed by atoms with Gasteiger partial charge in [-0.25, -0.2) is 0 Å². The van der Waals surface area contributed by atoms with Crippen LogP contribution in [0, 0.1) is 5.41 Å². The molecule has 0 fully saturated rings. The van der Waals surface area contributed by atoms with E-state index in [0.29, 0.717) is 5.88 Å². The number of alkyl halides is 1. The van der Waals surface area contributed by atoms with Gasteiger partial charge in [0.1, 0.15) is 0 Å². The average Bonchev–Trinajstić information content (AvgIpc) is 1.68. The van der Waals surface area contributed by atoms with E-state index in [4.69, 9.17) is 17.0 Å². The molecule has 0 saturated heterocycles. The Morgan fingerprint density at radius 1 is 1.50 bits per heavy atom. The summed E-state index contributed by atoms with van der Waals surface area (Å²) >= 11 is 5.39. The third kappa shape index (κ3) is 4.13. The van der Waals surface area contributed by atoms with Crippen LogP contribution in [-0.2, 0) is 0 Å². The minimum atomic E-state index is 0.596. The Bertz CT molecular complexity index is 62.9. The Hall–Kier alpha value is -0.0400. The fourth-order valence-corrected chi connectivity index (χ4v) is 0.769. The lowest BCUT2D eigenvalue weighted by molar-refractivity contribution is 0.960. The molecule has 0 spiro atoms. The van der Waals surface area contributed by atoms with Crippen LogP contribution in [0.25, 0.3) is 0 Å². The van der Waals surface area contributed by atoms with Gasteiger partial charge in [0.15, 0.2) is 0 Å². The molecular weight excluding hydrogens is 122 g/mol. The van der Waals surface area contributed by atoms with Crippen molar-refractivity contribution in [1.82, 2.24) is 0 Å². The Balaban J connectivity index is 3.06. The van der Waals surface area contributed by atoms with Crippen molar-refractivity contribution in [2.24, 2.45) is 0 Å². The van der Waals surface area contributed by atoms with Gasteiger partial charge >= 0.3 is 0 Å². The lowest BCUT2D eigenvalue weighted by Crippen LogP contribution is -1.94. The SMILES string of the molecule is CCCC(=N)CCCl. The van der Waals surface area contributed by atoms with Crippen LogP contribution in [-0.4, -0.2) is 11.6 Å². The second kappa shape index (κ2) is 5.10. The van der Waals surface area contributed by atoms with Crippen molar-refractivity contribution < 1.29 is 0 Å². The predicted octanol–water partition coefficient (Wildman–Crippen LogP) is 2.44. The third-order valence-corrected chi connectivity index (χ3v) is 1.14. The van der Waals surface area contributed by atoms with Crippen molar-refractivity contribution in [1.29, 1.82) is 5.41 Å². The zero-order chi connectivity index (χ0) is 6.41. The van der Waals surface area contributed by atoms with Crippen LogP contribution < -0.4 is 0 Å². The lowest BCUT2D eigenvalue weighted by atomic mass is 10.2. The van der Waals surface area contributed by atoms with Gasteiger partial charge in [-0.1, -0.05) is 13.3 Å². The summed E-state index contributed by atoms with van der Waals surface area (Å²) in [5, 5.41) is 7.20. The molecule has 0 saturated carbocycles. The van der Waals surface area contributed by atoms with E-state index < -0.39 is 0 Å². The molecule has 48 valence electrons. The second-order valence-corrected chi connectivity index (χ2v) is 2.17. The van der Waals surface area contributed by atoms with Crippen molar-refractivity contribution in [2.45, 2.75) is 26.2 Å². The van der Waals surface area contributed by atoms with Gasteiger partial charge in [-0.2, -0.15) is 0 Å². The van der Waals surface area contributed by atoms with Crippen molar-refractivity contribution in [2.75, 3.05) is 5.88 Å². The number of rotatable bonds is 4. The zero-order valence-corrected chi connectivity index (χ0v) is 5.96. The summed E-state index contributed by atoms with van der Waals surface area (Å²) < 4.78 is 0. The van der Waals surface area contributed by atoms with Gasteiger partial charge < -0.3 is 5.41 Å². The molecule has 0 radical (unpaired) electrons. The molecule has 8 heavy (non-hydrogen) atoms. The summed E-state index contributed by atoms with van der Waals surface area (Å²) in [6.45, 7) is 2.07. The number of halogens is 1. The molecule has 1 N–H and O–H groups in total. The first-order valence-corrected chi connectivity index (χ1v) is 3.47. The Morgan fingerprint density at radius 2 is 2.12 bits per heavy atom. The van der Waals surface area contributed by atoms with Crippen LogP contribution in [0.3, 0.4) is 0 Å². The maximum atomic E-state index is 7.20. The number of hydrogen-bond donors (Lipinski definition) is 1. The van der Waals surface area contributed by atoms with E-state index in [1.165, 1.54) is 0 Å². The third-order valence-electron chi connectivity index (χ3n) is 0.948.